The molecule has 0 fully saturated rings. The first kappa shape index (κ1) is 15.3. The Hall–Kier alpha value is -1.73. The van der Waals surface area contributed by atoms with E-state index in [9.17, 15) is 14.0 Å². The van der Waals surface area contributed by atoms with Crippen LogP contribution in [0.3, 0.4) is 0 Å². The molecular weight excluding hydrogens is 235 g/mol. The zero-order valence-corrected chi connectivity index (χ0v) is 9.40. The minimum Gasteiger partial charge on any atom is -0.422 e. The fraction of sp³-hybridized carbons (Fsp3) is 0.400. The van der Waals surface area contributed by atoms with Crippen LogP contribution < -0.4 is 0 Å². The Balaban J connectivity index is 4.60. The number of rotatable bonds is 5. The number of esters is 2. The van der Waals surface area contributed by atoms with Crippen molar-refractivity contribution in [3.05, 3.63) is 24.3 Å². The summed E-state index contributed by atoms with van der Waals surface area (Å²) in [5.74, 6) is -2.44. The molecule has 0 radical (unpaired) electrons. The van der Waals surface area contributed by atoms with Gasteiger partial charge in [-0.25, -0.2) is 9.59 Å². The Morgan fingerprint density at radius 1 is 1.24 bits per heavy atom. The maximum absolute atomic E-state index is 13.2. The van der Waals surface area contributed by atoms with Crippen molar-refractivity contribution in [2.45, 2.75) is 26.2 Å². The van der Waals surface area contributed by atoms with Gasteiger partial charge in [-0.1, -0.05) is 13.2 Å². The molecule has 6 nitrogen and oxygen atoms in total. The summed E-state index contributed by atoms with van der Waals surface area (Å²) in [6.07, 6.45) is -2.69. The van der Waals surface area contributed by atoms with Gasteiger partial charge in [-0.05, 0) is 13.8 Å². The second kappa shape index (κ2) is 5.55. The number of carbonyl (C=O) groups is 2. The maximum atomic E-state index is 13.2. The SMILES string of the molecule is C=C(C)C(=O)OC(O)C(O)(F)OC(=O)C(=C)C. The minimum absolute atomic E-state index is 0.133. The first-order valence-corrected chi connectivity index (χ1v) is 4.42. The zero-order valence-electron chi connectivity index (χ0n) is 9.40. The number of halogens is 1. The number of hydrogen-bond donors (Lipinski definition) is 2. The first-order valence-electron chi connectivity index (χ1n) is 4.42. The normalized spacial score (nSPS) is 15.4. The van der Waals surface area contributed by atoms with Crippen molar-refractivity contribution < 1.29 is 33.7 Å². The van der Waals surface area contributed by atoms with Crippen LogP contribution in [0.4, 0.5) is 4.39 Å². The van der Waals surface area contributed by atoms with Crippen molar-refractivity contribution >= 4 is 11.9 Å². The van der Waals surface area contributed by atoms with E-state index in [4.69, 9.17) is 10.2 Å². The zero-order chi connectivity index (χ0) is 13.8. The van der Waals surface area contributed by atoms with Crippen molar-refractivity contribution in [2.24, 2.45) is 0 Å². The third-order valence-corrected chi connectivity index (χ3v) is 1.46. The van der Waals surface area contributed by atoms with Gasteiger partial charge in [-0.2, -0.15) is 4.39 Å². The van der Waals surface area contributed by atoms with E-state index in [1.807, 2.05) is 0 Å². The molecule has 7 heteroatoms. The van der Waals surface area contributed by atoms with Gasteiger partial charge in [0, 0.05) is 11.1 Å². The lowest BCUT2D eigenvalue weighted by atomic mass is 10.3. The number of ether oxygens (including phenoxy) is 2. The van der Waals surface area contributed by atoms with Gasteiger partial charge < -0.3 is 19.7 Å². The molecule has 0 rings (SSSR count). The van der Waals surface area contributed by atoms with Crippen LogP contribution in [0.15, 0.2) is 24.3 Å². The molecule has 0 heterocycles. The van der Waals surface area contributed by atoms with E-state index in [0.717, 1.165) is 0 Å². The summed E-state index contributed by atoms with van der Waals surface area (Å²) in [6.45, 7) is 8.74. The van der Waals surface area contributed by atoms with Crippen LogP contribution in [0.5, 0.6) is 0 Å². The van der Waals surface area contributed by atoms with Crippen LogP contribution in [-0.4, -0.2) is 34.5 Å². The van der Waals surface area contributed by atoms with Gasteiger partial charge >= 0.3 is 24.3 Å². The van der Waals surface area contributed by atoms with Crippen LogP contribution in [0, 0.1) is 0 Å². The van der Waals surface area contributed by atoms with Crippen molar-refractivity contribution in [3.63, 3.8) is 0 Å². The third-order valence-electron chi connectivity index (χ3n) is 1.46. The fourth-order valence-corrected chi connectivity index (χ4v) is 0.542. The summed E-state index contributed by atoms with van der Waals surface area (Å²) < 4.78 is 21.1. The summed E-state index contributed by atoms with van der Waals surface area (Å²) in [6, 6.07) is -3.86. The molecule has 0 aliphatic rings. The molecule has 0 saturated carbocycles. The highest BCUT2D eigenvalue weighted by Crippen LogP contribution is 2.18. The summed E-state index contributed by atoms with van der Waals surface area (Å²) >= 11 is 0. The van der Waals surface area contributed by atoms with E-state index in [2.05, 4.69) is 22.6 Å². The predicted molar refractivity (Wildman–Crippen MR) is 53.9 cm³/mol. The summed E-state index contributed by atoms with van der Waals surface area (Å²) in [7, 11) is 0. The Kier molecular flexibility index (Phi) is 4.99. The highest BCUT2D eigenvalue weighted by atomic mass is 19.2. The Labute approximate surface area is 96.9 Å². The number of hydrogen-bond acceptors (Lipinski definition) is 6. The van der Waals surface area contributed by atoms with Gasteiger partial charge in [0.25, 0.3) is 0 Å². The van der Waals surface area contributed by atoms with Gasteiger partial charge in [0.05, 0.1) is 0 Å². The molecule has 0 aliphatic heterocycles. The molecular formula is C10H13FO6. The molecule has 17 heavy (non-hydrogen) atoms. The largest absolute Gasteiger partial charge is 0.428 e. The molecule has 0 saturated heterocycles. The maximum Gasteiger partial charge on any atom is 0.428 e. The highest BCUT2D eigenvalue weighted by Gasteiger charge is 2.44. The van der Waals surface area contributed by atoms with Gasteiger partial charge in [-0.15, -0.1) is 0 Å². The Bertz CT molecular complexity index is 360. The molecule has 2 unspecified atom stereocenters. The second-order valence-electron chi connectivity index (χ2n) is 3.32. The molecule has 0 bridgehead atoms. The molecule has 0 spiro atoms. The monoisotopic (exact) mass is 248 g/mol. The number of aliphatic hydroxyl groups is 2. The highest BCUT2D eigenvalue weighted by molar-refractivity contribution is 5.87. The molecule has 0 aromatic heterocycles. The minimum atomic E-state index is -3.86. The van der Waals surface area contributed by atoms with Crippen molar-refractivity contribution in [1.82, 2.24) is 0 Å². The van der Waals surface area contributed by atoms with Gasteiger partial charge in [0.1, 0.15) is 0 Å². The van der Waals surface area contributed by atoms with Crippen molar-refractivity contribution in [3.8, 4) is 0 Å². The molecule has 2 atom stereocenters. The topological polar surface area (TPSA) is 93.1 Å². The molecule has 0 aliphatic carbocycles. The quantitative estimate of drug-likeness (QED) is 0.409. The van der Waals surface area contributed by atoms with Crippen LogP contribution in [0.1, 0.15) is 13.8 Å². The molecule has 0 aromatic rings. The van der Waals surface area contributed by atoms with Gasteiger partial charge in [-0.3, -0.25) is 0 Å². The van der Waals surface area contributed by atoms with E-state index in [0.29, 0.717) is 0 Å². The third kappa shape index (κ3) is 4.75. The molecule has 96 valence electrons. The first-order chi connectivity index (χ1) is 7.58. The van der Waals surface area contributed by atoms with Crippen LogP contribution >= 0.6 is 0 Å². The van der Waals surface area contributed by atoms with Crippen LogP contribution in [0.2, 0.25) is 0 Å². The van der Waals surface area contributed by atoms with Gasteiger partial charge in [0.2, 0.25) is 0 Å². The smallest absolute Gasteiger partial charge is 0.422 e. The van der Waals surface area contributed by atoms with E-state index in [1.165, 1.54) is 13.8 Å². The summed E-state index contributed by atoms with van der Waals surface area (Å²) in [4.78, 5) is 21.8. The van der Waals surface area contributed by atoms with E-state index >= 15 is 0 Å². The van der Waals surface area contributed by atoms with Gasteiger partial charge in [0.15, 0.2) is 0 Å². The molecule has 2 N–H and O–H groups in total. The Morgan fingerprint density at radius 2 is 1.65 bits per heavy atom. The standard InChI is InChI=1S/C10H13FO6/c1-5(2)7(12)16-9(14)10(11,15)17-8(13)6(3)4/h9,14-15H,1,3H2,2,4H3. The van der Waals surface area contributed by atoms with Crippen LogP contribution in [-0.2, 0) is 19.1 Å². The second-order valence-corrected chi connectivity index (χ2v) is 3.32. The predicted octanol–water partition coefficient (Wildman–Crippen LogP) is 0.159. The number of alkyl halides is 1. The van der Waals surface area contributed by atoms with E-state index < -0.39 is 24.3 Å². The lowest BCUT2D eigenvalue weighted by Gasteiger charge is -2.23. The fourth-order valence-electron chi connectivity index (χ4n) is 0.542. The Morgan fingerprint density at radius 3 is 2.00 bits per heavy atom. The average molecular weight is 248 g/mol. The molecule has 0 aromatic carbocycles. The van der Waals surface area contributed by atoms with E-state index in [-0.39, 0.29) is 11.1 Å². The number of carbonyl (C=O) groups excluding carboxylic acids is 2. The average Bonchev–Trinajstić information content (AvgIpc) is 2.16. The van der Waals surface area contributed by atoms with E-state index in [1.54, 1.807) is 0 Å². The summed E-state index contributed by atoms with van der Waals surface area (Å²) in [5.41, 5.74) is -0.342. The number of aliphatic hydroxyl groups excluding tert-OH is 1. The van der Waals surface area contributed by atoms with Crippen molar-refractivity contribution in [1.29, 1.82) is 0 Å². The lowest BCUT2D eigenvalue weighted by Crippen LogP contribution is -2.45. The van der Waals surface area contributed by atoms with Crippen LogP contribution in [0.25, 0.3) is 0 Å². The summed E-state index contributed by atoms with van der Waals surface area (Å²) in [5, 5.41) is 17.9. The molecule has 0 amide bonds. The lowest BCUT2D eigenvalue weighted by molar-refractivity contribution is -0.360. The van der Waals surface area contributed by atoms with Crippen molar-refractivity contribution in [2.75, 3.05) is 0 Å².